The molecule has 2 aromatic rings. The number of nitrogens with one attached hydrogen (secondary N) is 1. The third-order valence-corrected chi connectivity index (χ3v) is 4.26. The number of nitrogens with zero attached hydrogens (tertiary/aromatic N) is 1. The highest BCUT2D eigenvalue weighted by Crippen LogP contribution is 2.28. The Balaban J connectivity index is 1.78. The lowest BCUT2D eigenvalue weighted by molar-refractivity contribution is 0.117. The van der Waals surface area contributed by atoms with E-state index in [1.165, 1.54) is 18.9 Å². The molecule has 3 rings (SSSR count). The highest BCUT2D eigenvalue weighted by molar-refractivity contribution is 9.10. The molecule has 19 heavy (non-hydrogen) atoms. The molecule has 0 aliphatic heterocycles. The third-order valence-electron chi connectivity index (χ3n) is 3.33. The molecular weight excluding hydrogens is 331 g/mol. The molecule has 1 aromatic carbocycles. The summed E-state index contributed by atoms with van der Waals surface area (Å²) < 4.78 is 22.1. The highest BCUT2D eigenvalue weighted by Gasteiger charge is 2.21. The Morgan fingerprint density at radius 2 is 2.26 bits per heavy atom. The maximum Gasteiger partial charge on any atom is 0.178 e. The van der Waals surface area contributed by atoms with Gasteiger partial charge < -0.3 is 14.3 Å². The molecule has 6 heteroatoms. The second kappa shape index (κ2) is 5.34. The van der Waals surface area contributed by atoms with Crippen molar-refractivity contribution < 1.29 is 9.13 Å². The van der Waals surface area contributed by atoms with Gasteiger partial charge in [0.1, 0.15) is 5.82 Å². The summed E-state index contributed by atoms with van der Waals surface area (Å²) in [7, 11) is 0. The molecule has 102 valence electrons. The Morgan fingerprint density at radius 3 is 3.00 bits per heavy atom. The van der Waals surface area contributed by atoms with Crippen LogP contribution in [0.2, 0.25) is 0 Å². The normalized spacial score (nSPS) is 15.3. The van der Waals surface area contributed by atoms with Crippen LogP contribution in [0, 0.1) is 16.5 Å². The van der Waals surface area contributed by atoms with E-state index in [0.29, 0.717) is 22.4 Å². The number of aromatic amines is 1. The summed E-state index contributed by atoms with van der Waals surface area (Å²) in [5, 5.41) is 0. The van der Waals surface area contributed by atoms with Crippen LogP contribution in [0.3, 0.4) is 0 Å². The van der Waals surface area contributed by atoms with Gasteiger partial charge in [-0.05, 0) is 53.0 Å². The first-order valence-electron chi connectivity index (χ1n) is 6.30. The molecular formula is C13H14BrFN2OS. The largest absolute Gasteiger partial charge is 0.379 e. The number of fused-ring (bicyclic) bond motifs is 1. The average molecular weight is 345 g/mol. The molecule has 1 aromatic heterocycles. The molecule has 0 unspecified atom stereocenters. The van der Waals surface area contributed by atoms with Gasteiger partial charge in [-0.1, -0.05) is 0 Å². The second-order valence-corrected chi connectivity index (χ2v) is 6.12. The van der Waals surface area contributed by atoms with E-state index < -0.39 is 0 Å². The second-order valence-electron chi connectivity index (χ2n) is 4.88. The minimum Gasteiger partial charge on any atom is -0.379 e. The molecule has 0 radical (unpaired) electrons. The SMILES string of the molecule is Fc1cc2c(cc1Br)[nH]c(=S)n2CCOCC1CC1. The topological polar surface area (TPSA) is 29.9 Å². The van der Waals surface area contributed by atoms with Crippen LogP contribution in [0.5, 0.6) is 0 Å². The summed E-state index contributed by atoms with van der Waals surface area (Å²) >= 11 is 8.44. The number of aromatic nitrogens is 2. The first-order valence-corrected chi connectivity index (χ1v) is 7.50. The molecule has 1 fully saturated rings. The fraction of sp³-hybridized carbons (Fsp3) is 0.462. The number of ether oxygens (including phenoxy) is 1. The van der Waals surface area contributed by atoms with Gasteiger partial charge >= 0.3 is 0 Å². The zero-order valence-corrected chi connectivity index (χ0v) is 12.7. The molecule has 1 heterocycles. The number of H-pyrrole nitrogens is 1. The van der Waals surface area contributed by atoms with Crippen molar-refractivity contribution >= 4 is 39.2 Å². The van der Waals surface area contributed by atoms with Gasteiger partial charge in [0.25, 0.3) is 0 Å². The molecule has 0 spiro atoms. The van der Waals surface area contributed by atoms with Gasteiger partial charge in [-0.2, -0.15) is 0 Å². The van der Waals surface area contributed by atoms with Gasteiger partial charge in [-0.3, -0.25) is 0 Å². The predicted octanol–water partition coefficient (Wildman–Crippen LogP) is 4.03. The Hall–Kier alpha value is -0.720. The van der Waals surface area contributed by atoms with Crippen LogP contribution in [-0.4, -0.2) is 22.8 Å². The molecule has 0 atom stereocenters. The summed E-state index contributed by atoms with van der Waals surface area (Å²) in [6.07, 6.45) is 2.57. The van der Waals surface area contributed by atoms with Crippen LogP contribution in [0.4, 0.5) is 4.39 Å². The van der Waals surface area contributed by atoms with Crippen molar-refractivity contribution in [3.05, 3.63) is 27.2 Å². The standard InChI is InChI=1S/C13H14BrFN2OS/c14-9-5-11-12(6-10(9)15)17(13(19)16-11)3-4-18-7-8-1-2-8/h5-6,8H,1-4,7H2,(H,16,19). The van der Waals surface area contributed by atoms with Crippen LogP contribution in [0.25, 0.3) is 11.0 Å². The fourth-order valence-electron chi connectivity index (χ4n) is 2.06. The molecule has 0 amide bonds. The zero-order valence-electron chi connectivity index (χ0n) is 10.3. The summed E-state index contributed by atoms with van der Waals surface area (Å²) in [5.41, 5.74) is 1.61. The van der Waals surface area contributed by atoms with Crippen molar-refractivity contribution in [2.45, 2.75) is 19.4 Å². The van der Waals surface area contributed by atoms with Crippen LogP contribution in [0.15, 0.2) is 16.6 Å². The minimum absolute atomic E-state index is 0.283. The lowest BCUT2D eigenvalue weighted by atomic mass is 10.3. The van der Waals surface area contributed by atoms with Crippen molar-refractivity contribution in [2.75, 3.05) is 13.2 Å². The van der Waals surface area contributed by atoms with E-state index in [0.717, 1.165) is 23.6 Å². The van der Waals surface area contributed by atoms with Crippen molar-refractivity contribution in [1.29, 1.82) is 0 Å². The fourth-order valence-corrected chi connectivity index (χ4v) is 2.71. The molecule has 0 bridgehead atoms. The van der Waals surface area contributed by atoms with E-state index in [-0.39, 0.29) is 5.82 Å². The lowest BCUT2D eigenvalue weighted by Crippen LogP contribution is -2.07. The average Bonchev–Trinajstić information content (AvgIpc) is 3.13. The number of benzene rings is 1. The predicted molar refractivity (Wildman–Crippen MR) is 78.3 cm³/mol. The van der Waals surface area contributed by atoms with Crippen molar-refractivity contribution in [3.8, 4) is 0 Å². The van der Waals surface area contributed by atoms with E-state index in [2.05, 4.69) is 20.9 Å². The Morgan fingerprint density at radius 1 is 1.47 bits per heavy atom. The van der Waals surface area contributed by atoms with Crippen LogP contribution < -0.4 is 0 Å². The monoisotopic (exact) mass is 344 g/mol. The Bertz CT molecular complexity index is 662. The number of hydrogen-bond acceptors (Lipinski definition) is 2. The van der Waals surface area contributed by atoms with Crippen molar-refractivity contribution in [2.24, 2.45) is 5.92 Å². The maximum absolute atomic E-state index is 13.6. The quantitative estimate of drug-likeness (QED) is 0.655. The molecule has 0 saturated heterocycles. The van der Waals surface area contributed by atoms with E-state index >= 15 is 0 Å². The minimum atomic E-state index is -0.283. The molecule has 1 N–H and O–H groups in total. The van der Waals surface area contributed by atoms with E-state index in [1.54, 1.807) is 6.07 Å². The summed E-state index contributed by atoms with van der Waals surface area (Å²) in [4.78, 5) is 3.08. The number of rotatable bonds is 5. The van der Waals surface area contributed by atoms with E-state index in [1.807, 2.05) is 4.57 Å². The number of imidazole rings is 1. The van der Waals surface area contributed by atoms with Crippen LogP contribution >= 0.6 is 28.1 Å². The van der Waals surface area contributed by atoms with Gasteiger partial charge in [0.2, 0.25) is 0 Å². The molecule has 1 saturated carbocycles. The van der Waals surface area contributed by atoms with Crippen LogP contribution in [0.1, 0.15) is 12.8 Å². The number of halogens is 2. The van der Waals surface area contributed by atoms with E-state index in [4.69, 9.17) is 17.0 Å². The van der Waals surface area contributed by atoms with Gasteiger partial charge in [0, 0.05) is 19.2 Å². The van der Waals surface area contributed by atoms with Crippen molar-refractivity contribution in [3.63, 3.8) is 0 Å². The molecule has 1 aliphatic carbocycles. The summed E-state index contributed by atoms with van der Waals surface area (Å²) in [5.74, 6) is 0.471. The third kappa shape index (κ3) is 2.90. The first-order chi connectivity index (χ1) is 9.15. The smallest absolute Gasteiger partial charge is 0.178 e. The summed E-state index contributed by atoms with van der Waals surface area (Å²) in [6.45, 7) is 2.08. The first kappa shape index (κ1) is 13.3. The van der Waals surface area contributed by atoms with Gasteiger partial charge in [0.05, 0.1) is 22.1 Å². The Kier molecular flexibility index (Phi) is 3.73. The molecule has 3 nitrogen and oxygen atoms in total. The van der Waals surface area contributed by atoms with E-state index in [9.17, 15) is 4.39 Å². The van der Waals surface area contributed by atoms with Crippen molar-refractivity contribution in [1.82, 2.24) is 9.55 Å². The zero-order chi connectivity index (χ0) is 13.4. The maximum atomic E-state index is 13.6. The van der Waals surface area contributed by atoms with Gasteiger partial charge in [0.15, 0.2) is 4.77 Å². The van der Waals surface area contributed by atoms with Gasteiger partial charge in [-0.25, -0.2) is 4.39 Å². The highest BCUT2D eigenvalue weighted by atomic mass is 79.9. The lowest BCUT2D eigenvalue weighted by Gasteiger charge is -2.06. The van der Waals surface area contributed by atoms with Gasteiger partial charge in [-0.15, -0.1) is 0 Å². The number of hydrogen-bond donors (Lipinski definition) is 1. The molecule has 1 aliphatic rings. The Labute approximate surface area is 123 Å². The van der Waals surface area contributed by atoms with Crippen LogP contribution in [-0.2, 0) is 11.3 Å². The summed E-state index contributed by atoms with van der Waals surface area (Å²) in [6, 6.07) is 3.20.